The largest absolute Gasteiger partial charge is 0.507 e. The van der Waals surface area contributed by atoms with Crippen molar-refractivity contribution < 1.29 is 30.3 Å². The summed E-state index contributed by atoms with van der Waals surface area (Å²) >= 11 is 0. The predicted molar refractivity (Wildman–Crippen MR) is 184 cm³/mol. The standard InChI is InChI=1S/C40H37N4O.Pt/c1-25-20-26(22-27(21-25)33-17-13-19-35(41-8)42-33)30-16-12-18-34-36(30)43-38(44(34)29-14-10-9-11-15-29)31-23-28(39(2,3)4)24-32(37(31)45)40(5,6)7;/h9-21,23-24,45H,1-7H3;/q-1;/i1D3;. The summed E-state index contributed by atoms with van der Waals surface area (Å²) in [4.78, 5) is 13.1. The SMILES string of the molecule is [2H]C([2H])([2H])c1cc(-c2cccc([N+]#[C-])n2)[c-]c(-c2cccc3c2nc(-c2cc(C(C)(C)C)cc(C(C)(C)C)c2O)n3-c2ccccc2)c1.[Pt]. The maximum absolute atomic E-state index is 11.9. The third-order valence-electron chi connectivity index (χ3n) is 8.01. The summed E-state index contributed by atoms with van der Waals surface area (Å²) < 4.78 is 26.8. The van der Waals surface area contributed by atoms with Crippen LogP contribution in [0.1, 0.15) is 62.3 Å². The van der Waals surface area contributed by atoms with E-state index in [2.05, 4.69) is 63.5 Å². The third kappa shape index (κ3) is 6.15. The minimum atomic E-state index is -2.40. The normalized spacial score (nSPS) is 12.9. The number of para-hydroxylation sites is 2. The van der Waals surface area contributed by atoms with Crippen LogP contribution in [0.2, 0.25) is 0 Å². The van der Waals surface area contributed by atoms with Crippen molar-refractivity contribution in [3.8, 4) is 45.2 Å². The van der Waals surface area contributed by atoms with Crippen LogP contribution in [0, 0.1) is 19.5 Å². The molecule has 5 nitrogen and oxygen atoms in total. The number of pyridine rings is 1. The van der Waals surface area contributed by atoms with E-state index in [1.807, 2.05) is 59.2 Å². The second-order valence-electron chi connectivity index (χ2n) is 13.4. The number of fused-ring (bicyclic) bond motifs is 1. The fraction of sp³-hybridized carbons (Fsp3) is 0.225. The number of aromatic hydroxyl groups is 1. The van der Waals surface area contributed by atoms with E-state index in [0.29, 0.717) is 39.3 Å². The van der Waals surface area contributed by atoms with Gasteiger partial charge in [-0.15, -0.1) is 29.3 Å². The van der Waals surface area contributed by atoms with Gasteiger partial charge in [0.25, 0.3) is 5.82 Å². The summed E-state index contributed by atoms with van der Waals surface area (Å²) in [5.41, 5.74) is 6.52. The summed E-state index contributed by atoms with van der Waals surface area (Å²) in [7, 11) is 0. The van der Waals surface area contributed by atoms with Crippen molar-refractivity contribution in [2.75, 3.05) is 0 Å². The molecule has 0 aliphatic carbocycles. The molecule has 0 spiro atoms. The second-order valence-corrected chi connectivity index (χ2v) is 13.4. The van der Waals surface area contributed by atoms with E-state index in [1.165, 1.54) is 0 Å². The Labute approximate surface area is 290 Å². The number of phenolic OH excluding ortho intramolecular Hbond substituents is 1. The average molecular weight is 788 g/mol. The predicted octanol–water partition coefficient (Wildman–Crippen LogP) is 10.4. The smallest absolute Gasteiger partial charge is 0.262 e. The molecule has 234 valence electrons. The summed E-state index contributed by atoms with van der Waals surface area (Å²) in [5.74, 6) is 0.951. The van der Waals surface area contributed by atoms with Crippen LogP contribution in [0.4, 0.5) is 5.82 Å². The maximum atomic E-state index is 11.9. The Hall–Kier alpha value is -4.52. The Kier molecular flexibility index (Phi) is 7.76. The minimum absolute atomic E-state index is 0. The van der Waals surface area contributed by atoms with E-state index in [9.17, 15) is 5.11 Å². The average Bonchev–Trinajstić information content (AvgIpc) is 3.43. The monoisotopic (exact) mass is 787 g/mol. The van der Waals surface area contributed by atoms with Gasteiger partial charge in [-0.25, -0.2) is 4.98 Å². The van der Waals surface area contributed by atoms with Gasteiger partial charge in [0.2, 0.25) is 0 Å². The fourth-order valence-electron chi connectivity index (χ4n) is 5.63. The molecule has 1 N–H and O–H groups in total. The van der Waals surface area contributed by atoms with Crippen LogP contribution in [-0.2, 0) is 31.9 Å². The summed E-state index contributed by atoms with van der Waals surface area (Å²) in [5, 5.41) is 11.9. The van der Waals surface area contributed by atoms with Crippen LogP contribution >= 0.6 is 0 Å². The number of rotatable bonds is 4. The van der Waals surface area contributed by atoms with Crippen LogP contribution < -0.4 is 0 Å². The van der Waals surface area contributed by atoms with Crippen molar-refractivity contribution in [3.63, 3.8) is 0 Å². The molecule has 0 fully saturated rings. The van der Waals surface area contributed by atoms with Crippen molar-refractivity contribution >= 4 is 16.9 Å². The molecule has 6 heteroatoms. The number of imidazole rings is 1. The van der Waals surface area contributed by atoms with Gasteiger partial charge in [0.05, 0.1) is 22.3 Å². The maximum Gasteiger partial charge on any atom is 0.262 e. The first-order chi connectivity index (χ1) is 22.6. The molecule has 0 saturated carbocycles. The van der Waals surface area contributed by atoms with E-state index in [4.69, 9.17) is 15.7 Å². The first kappa shape index (κ1) is 28.9. The third-order valence-corrected chi connectivity index (χ3v) is 8.01. The molecular weight excluding hydrogens is 748 g/mol. The Morgan fingerprint density at radius 3 is 2.20 bits per heavy atom. The molecule has 0 saturated heterocycles. The van der Waals surface area contributed by atoms with Gasteiger partial charge < -0.3 is 9.95 Å². The summed E-state index contributed by atoms with van der Waals surface area (Å²) in [6.45, 7) is 17.7. The zero-order chi connectivity index (χ0) is 34.6. The van der Waals surface area contributed by atoms with E-state index >= 15 is 0 Å². The number of hydrogen-bond donors (Lipinski definition) is 1. The van der Waals surface area contributed by atoms with Gasteiger partial charge in [0.1, 0.15) is 11.6 Å². The molecule has 0 atom stereocenters. The Morgan fingerprint density at radius 2 is 1.52 bits per heavy atom. The van der Waals surface area contributed by atoms with Gasteiger partial charge in [-0.2, -0.15) is 4.98 Å². The number of aromatic nitrogens is 3. The van der Waals surface area contributed by atoms with Gasteiger partial charge in [-0.1, -0.05) is 109 Å². The molecule has 0 bridgehead atoms. The zero-order valence-corrected chi connectivity index (χ0v) is 29.0. The van der Waals surface area contributed by atoms with Gasteiger partial charge in [0, 0.05) is 36.4 Å². The van der Waals surface area contributed by atoms with Crippen molar-refractivity contribution in [2.45, 2.75) is 59.2 Å². The molecule has 2 aromatic heterocycles. The molecule has 0 radical (unpaired) electrons. The molecule has 0 aliphatic rings. The van der Waals surface area contributed by atoms with Crippen LogP contribution in [0.25, 0.3) is 55.3 Å². The number of nitrogens with zero attached hydrogens (tertiary/aromatic N) is 4. The molecule has 0 aliphatic heterocycles. The topological polar surface area (TPSA) is 55.3 Å². The molecule has 4 aromatic carbocycles. The van der Waals surface area contributed by atoms with Gasteiger partial charge in [-0.3, -0.25) is 4.57 Å². The van der Waals surface area contributed by atoms with E-state index in [1.54, 1.807) is 30.3 Å². The number of phenols is 1. The van der Waals surface area contributed by atoms with Crippen LogP contribution in [0.5, 0.6) is 5.75 Å². The molecule has 2 heterocycles. The van der Waals surface area contributed by atoms with Crippen molar-refractivity contribution in [1.82, 2.24) is 14.5 Å². The van der Waals surface area contributed by atoms with Gasteiger partial charge in [0.15, 0.2) is 0 Å². The first-order valence-corrected chi connectivity index (χ1v) is 14.9. The first-order valence-electron chi connectivity index (χ1n) is 16.4. The molecule has 6 rings (SSSR count). The van der Waals surface area contributed by atoms with Crippen molar-refractivity contribution in [3.05, 3.63) is 125 Å². The van der Waals surface area contributed by atoms with Crippen LogP contribution in [0.3, 0.4) is 0 Å². The molecule has 0 unspecified atom stereocenters. The van der Waals surface area contributed by atoms with E-state index in [0.717, 1.165) is 22.3 Å². The number of hydrogen-bond acceptors (Lipinski definition) is 3. The Balaban J connectivity index is 0.00000468. The quantitative estimate of drug-likeness (QED) is 0.181. The van der Waals surface area contributed by atoms with Crippen molar-refractivity contribution in [1.29, 1.82) is 0 Å². The zero-order valence-electron chi connectivity index (χ0n) is 29.7. The second kappa shape index (κ2) is 12.3. The number of benzene rings is 4. The molecule has 46 heavy (non-hydrogen) atoms. The molecule has 0 amide bonds. The Morgan fingerprint density at radius 1 is 0.804 bits per heavy atom. The van der Waals surface area contributed by atoms with E-state index in [-0.39, 0.29) is 49.0 Å². The summed E-state index contributed by atoms with van der Waals surface area (Å²) in [6, 6.07) is 31.5. The van der Waals surface area contributed by atoms with Gasteiger partial charge in [-0.05, 0) is 52.8 Å². The van der Waals surface area contributed by atoms with Crippen LogP contribution in [-0.4, -0.2) is 19.6 Å². The summed E-state index contributed by atoms with van der Waals surface area (Å²) in [6.07, 6.45) is 0. The Bertz CT molecular complexity index is 2220. The fourth-order valence-corrected chi connectivity index (χ4v) is 5.63. The van der Waals surface area contributed by atoms with E-state index < -0.39 is 6.85 Å². The molecular formula is C40H37N4OPt-. The van der Waals surface area contributed by atoms with Crippen LogP contribution in [0.15, 0.2) is 91.0 Å². The molecule has 6 aromatic rings. The minimum Gasteiger partial charge on any atom is -0.507 e. The van der Waals surface area contributed by atoms with Gasteiger partial charge >= 0.3 is 0 Å². The van der Waals surface area contributed by atoms with Crippen molar-refractivity contribution in [2.24, 2.45) is 0 Å². The number of aryl methyl sites for hydroxylation is 1.